The standard InChI is InChI=1S/C20H26N2O7S2/c1-16(23)21-18-7-11-20(12-8-18)31(26,27)22(13-4-14-28-2)15-17-5-9-19(10-6-17)29-30(3,24)25/h5-12H,4,13-15H2,1-3H3,(H,21,23). The van der Waals surface area contributed by atoms with Gasteiger partial charge in [-0.05, 0) is 48.4 Å². The van der Waals surface area contributed by atoms with E-state index < -0.39 is 20.1 Å². The van der Waals surface area contributed by atoms with Gasteiger partial charge in [0.1, 0.15) is 5.75 Å². The van der Waals surface area contributed by atoms with Crippen LogP contribution in [0.5, 0.6) is 5.75 Å². The number of carbonyl (C=O) groups is 1. The number of methoxy groups -OCH3 is 1. The molecular weight excluding hydrogens is 444 g/mol. The molecule has 2 aromatic carbocycles. The van der Waals surface area contributed by atoms with Gasteiger partial charge in [0.15, 0.2) is 0 Å². The molecule has 31 heavy (non-hydrogen) atoms. The number of sulfonamides is 1. The minimum Gasteiger partial charge on any atom is -0.385 e. The van der Waals surface area contributed by atoms with Gasteiger partial charge in [0.2, 0.25) is 15.9 Å². The van der Waals surface area contributed by atoms with Crippen LogP contribution in [0.15, 0.2) is 53.4 Å². The minimum atomic E-state index is -3.83. The number of rotatable bonds is 11. The van der Waals surface area contributed by atoms with Crippen LogP contribution in [0.3, 0.4) is 0 Å². The summed E-state index contributed by atoms with van der Waals surface area (Å²) in [4.78, 5) is 11.3. The summed E-state index contributed by atoms with van der Waals surface area (Å²) in [6.45, 7) is 2.08. The number of benzene rings is 2. The Morgan fingerprint density at radius 1 is 1.00 bits per heavy atom. The molecule has 0 spiro atoms. The molecule has 0 aromatic heterocycles. The maximum Gasteiger partial charge on any atom is 0.306 e. The molecule has 0 saturated carbocycles. The van der Waals surface area contributed by atoms with Crippen molar-refractivity contribution < 1.29 is 30.6 Å². The lowest BCUT2D eigenvalue weighted by atomic mass is 10.2. The maximum absolute atomic E-state index is 13.2. The Morgan fingerprint density at radius 3 is 2.13 bits per heavy atom. The molecule has 0 heterocycles. The second kappa shape index (κ2) is 10.7. The van der Waals surface area contributed by atoms with Crippen LogP contribution in [0.25, 0.3) is 0 Å². The Balaban J connectivity index is 2.24. The van der Waals surface area contributed by atoms with Gasteiger partial charge in [0.25, 0.3) is 0 Å². The highest BCUT2D eigenvalue weighted by molar-refractivity contribution is 7.89. The molecule has 2 rings (SSSR count). The van der Waals surface area contributed by atoms with E-state index in [4.69, 9.17) is 8.92 Å². The summed E-state index contributed by atoms with van der Waals surface area (Å²) in [5.74, 6) is -0.103. The van der Waals surface area contributed by atoms with Gasteiger partial charge in [-0.1, -0.05) is 12.1 Å². The first-order chi connectivity index (χ1) is 14.5. The van der Waals surface area contributed by atoms with Crippen molar-refractivity contribution in [2.75, 3.05) is 31.8 Å². The number of amides is 1. The normalized spacial score (nSPS) is 12.0. The molecular formula is C20H26N2O7S2. The fraction of sp³-hybridized carbons (Fsp3) is 0.350. The number of anilines is 1. The largest absolute Gasteiger partial charge is 0.385 e. The smallest absolute Gasteiger partial charge is 0.306 e. The highest BCUT2D eigenvalue weighted by Gasteiger charge is 2.24. The summed E-state index contributed by atoms with van der Waals surface area (Å²) in [5.41, 5.74) is 1.16. The minimum absolute atomic E-state index is 0.0820. The lowest BCUT2D eigenvalue weighted by molar-refractivity contribution is -0.114. The number of nitrogens with one attached hydrogen (secondary N) is 1. The van der Waals surface area contributed by atoms with E-state index in [1.165, 1.54) is 47.6 Å². The van der Waals surface area contributed by atoms with Crippen LogP contribution < -0.4 is 9.50 Å². The van der Waals surface area contributed by atoms with Gasteiger partial charge >= 0.3 is 10.1 Å². The number of ether oxygens (including phenoxy) is 1. The third-order valence-electron chi connectivity index (χ3n) is 4.10. The third-order valence-corrected chi connectivity index (χ3v) is 6.45. The maximum atomic E-state index is 13.2. The predicted octanol–water partition coefficient (Wildman–Crippen LogP) is 2.21. The lowest BCUT2D eigenvalue weighted by Gasteiger charge is -2.22. The quantitative estimate of drug-likeness (QED) is 0.395. The Labute approximate surface area is 183 Å². The van der Waals surface area contributed by atoms with Crippen LogP contribution in [0.4, 0.5) is 5.69 Å². The molecule has 170 valence electrons. The predicted molar refractivity (Wildman–Crippen MR) is 117 cm³/mol. The average Bonchev–Trinajstić information content (AvgIpc) is 2.67. The summed E-state index contributed by atoms with van der Waals surface area (Å²) in [5, 5.41) is 2.60. The molecule has 1 amide bonds. The van der Waals surface area contributed by atoms with E-state index in [0.717, 1.165) is 6.26 Å². The first kappa shape index (κ1) is 24.8. The van der Waals surface area contributed by atoms with Crippen LogP contribution in [-0.2, 0) is 36.2 Å². The Morgan fingerprint density at radius 2 is 1.61 bits per heavy atom. The molecule has 9 nitrogen and oxygen atoms in total. The number of hydrogen-bond donors (Lipinski definition) is 1. The molecule has 1 N–H and O–H groups in total. The van der Waals surface area contributed by atoms with E-state index in [0.29, 0.717) is 24.3 Å². The van der Waals surface area contributed by atoms with Gasteiger partial charge in [0.05, 0.1) is 11.2 Å². The molecule has 0 aliphatic heterocycles. The summed E-state index contributed by atoms with van der Waals surface area (Å²) >= 11 is 0. The van der Waals surface area contributed by atoms with Gasteiger partial charge in [-0.2, -0.15) is 12.7 Å². The Bertz CT molecular complexity index is 1080. The first-order valence-electron chi connectivity index (χ1n) is 9.36. The summed E-state index contributed by atoms with van der Waals surface area (Å²) < 4.78 is 60.1. The van der Waals surface area contributed by atoms with Crippen molar-refractivity contribution in [3.8, 4) is 5.75 Å². The first-order valence-corrected chi connectivity index (χ1v) is 12.6. The van der Waals surface area contributed by atoms with Crippen LogP contribution >= 0.6 is 0 Å². The van der Waals surface area contributed by atoms with Crippen LogP contribution in [0.2, 0.25) is 0 Å². The molecule has 0 saturated heterocycles. The zero-order chi connectivity index (χ0) is 23.1. The van der Waals surface area contributed by atoms with Crippen molar-refractivity contribution >= 4 is 31.7 Å². The molecule has 2 aromatic rings. The van der Waals surface area contributed by atoms with Gasteiger partial charge in [0, 0.05) is 39.4 Å². The number of carbonyl (C=O) groups excluding carboxylic acids is 1. The van der Waals surface area contributed by atoms with Crippen LogP contribution in [-0.4, -0.2) is 53.6 Å². The van der Waals surface area contributed by atoms with Crippen molar-refractivity contribution in [1.29, 1.82) is 0 Å². The monoisotopic (exact) mass is 470 g/mol. The number of hydrogen-bond acceptors (Lipinski definition) is 7. The Hall–Kier alpha value is -2.47. The van der Waals surface area contributed by atoms with Crippen molar-refractivity contribution in [3.63, 3.8) is 0 Å². The molecule has 0 aliphatic rings. The zero-order valence-corrected chi connectivity index (χ0v) is 19.2. The van der Waals surface area contributed by atoms with Crippen molar-refractivity contribution in [3.05, 3.63) is 54.1 Å². The second-order valence-electron chi connectivity index (χ2n) is 6.82. The fourth-order valence-corrected chi connectivity index (χ4v) is 4.69. The Kier molecular flexibility index (Phi) is 8.57. The van der Waals surface area contributed by atoms with Gasteiger partial charge in [-0.3, -0.25) is 4.79 Å². The van der Waals surface area contributed by atoms with E-state index >= 15 is 0 Å². The zero-order valence-electron chi connectivity index (χ0n) is 17.6. The molecule has 11 heteroatoms. The fourth-order valence-electron chi connectivity index (χ4n) is 2.76. The molecule has 0 radical (unpaired) electrons. The van der Waals surface area contributed by atoms with Gasteiger partial charge in [-0.25, -0.2) is 8.42 Å². The van der Waals surface area contributed by atoms with Crippen molar-refractivity contribution in [1.82, 2.24) is 4.31 Å². The van der Waals surface area contributed by atoms with E-state index in [2.05, 4.69) is 5.32 Å². The highest BCUT2D eigenvalue weighted by Crippen LogP contribution is 2.22. The SMILES string of the molecule is COCCCN(Cc1ccc(OS(C)(=O)=O)cc1)S(=O)(=O)c1ccc(NC(C)=O)cc1. The van der Waals surface area contributed by atoms with E-state index in [1.54, 1.807) is 19.2 Å². The molecule has 0 atom stereocenters. The van der Waals surface area contributed by atoms with Crippen LogP contribution in [0.1, 0.15) is 18.9 Å². The van der Waals surface area contributed by atoms with E-state index in [-0.39, 0.29) is 29.6 Å². The van der Waals surface area contributed by atoms with E-state index in [9.17, 15) is 21.6 Å². The number of nitrogens with zero attached hydrogens (tertiary/aromatic N) is 1. The van der Waals surface area contributed by atoms with Gasteiger partial charge in [-0.15, -0.1) is 0 Å². The molecule has 0 bridgehead atoms. The third kappa shape index (κ3) is 7.94. The topological polar surface area (TPSA) is 119 Å². The van der Waals surface area contributed by atoms with Crippen LogP contribution in [0, 0.1) is 0 Å². The van der Waals surface area contributed by atoms with Gasteiger partial charge < -0.3 is 14.2 Å². The molecule has 0 unspecified atom stereocenters. The summed E-state index contributed by atoms with van der Waals surface area (Å²) in [6, 6.07) is 12.1. The summed E-state index contributed by atoms with van der Waals surface area (Å²) in [7, 11) is -5.93. The highest BCUT2D eigenvalue weighted by atomic mass is 32.2. The van der Waals surface area contributed by atoms with E-state index in [1.807, 2.05) is 0 Å². The molecule has 0 fully saturated rings. The lowest BCUT2D eigenvalue weighted by Crippen LogP contribution is -2.32. The second-order valence-corrected chi connectivity index (χ2v) is 10.3. The molecule has 0 aliphatic carbocycles. The average molecular weight is 471 g/mol. The summed E-state index contributed by atoms with van der Waals surface area (Å²) in [6.07, 6.45) is 1.44. The van der Waals surface area contributed by atoms with Crippen molar-refractivity contribution in [2.24, 2.45) is 0 Å². The van der Waals surface area contributed by atoms with Crippen molar-refractivity contribution in [2.45, 2.75) is 24.8 Å².